The number of para-hydroxylation sites is 1. The highest BCUT2D eigenvalue weighted by molar-refractivity contribution is 6.03. The van der Waals surface area contributed by atoms with E-state index < -0.39 is 5.91 Å². The first kappa shape index (κ1) is 9.45. The molecule has 4 heteroatoms. The van der Waals surface area contributed by atoms with Crippen LogP contribution < -0.4 is 5.73 Å². The fourth-order valence-corrected chi connectivity index (χ4v) is 1.68. The second kappa shape index (κ2) is 3.24. The summed E-state index contributed by atoms with van der Waals surface area (Å²) in [7, 11) is 0. The van der Waals surface area contributed by atoms with Crippen molar-refractivity contribution >= 4 is 22.7 Å². The maximum Gasteiger partial charge on any atom is 0.265 e. The van der Waals surface area contributed by atoms with E-state index in [2.05, 4.69) is 0 Å². The number of amides is 1. The molecule has 1 amide bonds. The molecule has 15 heavy (non-hydrogen) atoms. The van der Waals surface area contributed by atoms with Gasteiger partial charge in [0.05, 0.1) is 5.52 Å². The van der Waals surface area contributed by atoms with E-state index >= 15 is 0 Å². The highest BCUT2D eigenvalue weighted by Crippen LogP contribution is 2.19. The van der Waals surface area contributed by atoms with Gasteiger partial charge in [0.25, 0.3) is 5.91 Å². The summed E-state index contributed by atoms with van der Waals surface area (Å²) in [6, 6.07) is 8.90. The van der Waals surface area contributed by atoms with Gasteiger partial charge in [0, 0.05) is 12.3 Å². The van der Waals surface area contributed by atoms with Gasteiger partial charge in [-0.15, -0.1) is 0 Å². The van der Waals surface area contributed by atoms with Crippen molar-refractivity contribution in [3.05, 3.63) is 36.0 Å². The Bertz CT molecular complexity index is 555. The van der Waals surface area contributed by atoms with Gasteiger partial charge in [-0.3, -0.25) is 14.2 Å². The van der Waals surface area contributed by atoms with E-state index in [1.54, 1.807) is 12.1 Å². The first-order valence-corrected chi connectivity index (χ1v) is 4.52. The van der Waals surface area contributed by atoms with Crippen LogP contribution in [0, 0.1) is 0 Å². The third-order valence-corrected chi connectivity index (χ3v) is 2.28. The number of carbonyl (C=O) groups excluding carboxylic acids is 2. The molecule has 2 rings (SSSR count). The highest BCUT2D eigenvalue weighted by atomic mass is 16.2. The van der Waals surface area contributed by atoms with Gasteiger partial charge < -0.3 is 5.73 Å². The summed E-state index contributed by atoms with van der Waals surface area (Å²) in [4.78, 5) is 22.5. The maximum atomic E-state index is 11.4. The summed E-state index contributed by atoms with van der Waals surface area (Å²) in [5.41, 5.74) is 6.14. The van der Waals surface area contributed by atoms with Crippen molar-refractivity contribution in [1.82, 2.24) is 4.57 Å². The van der Waals surface area contributed by atoms with E-state index in [9.17, 15) is 9.59 Å². The SMILES string of the molecule is CC(=O)n1c(C(N)=O)cc2ccccc21. The average molecular weight is 202 g/mol. The number of rotatable bonds is 1. The molecular formula is C11H10N2O2. The Balaban J connectivity index is 2.86. The Morgan fingerprint density at radius 1 is 1.27 bits per heavy atom. The normalized spacial score (nSPS) is 10.5. The van der Waals surface area contributed by atoms with Gasteiger partial charge in [0.15, 0.2) is 0 Å². The minimum Gasteiger partial charge on any atom is -0.364 e. The van der Waals surface area contributed by atoms with Crippen molar-refractivity contribution in [3.63, 3.8) is 0 Å². The topological polar surface area (TPSA) is 65.1 Å². The Kier molecular flexibility index (Phi) is 2.04. The van der Waals surface area contributed by atoms with Crippen molar-refractivity contribution in [3.8, 4) is 0 Å². The smallest absolute Gasteiger partial charge is 0.265 e. The highest BCUT2D eigenvalue weighted by Gasteiger charge is 2.14. The summed E-state index contributed by atoms with van der Waals surface area (Å²) in [5, 5.41) is 0.835. The number of primary amides is 1. The molecule has 0 spiro atoms. The Hall–Kier alpha value is -2.10. The van der Waals surface area contributed by atoms with Crippen molar-refractivity contribution in [1.29, 1.82) is 0 Å². The molecule has 0 unspecified atom stereocenters. The molecule has 0 aliphatic rings. The predicted octanol–water partition coefficient (Wildman–Crippen LogP) is 1.40. The lowest BCUT2D eigenvalue weighted by atomic mass is 10.2. The Morgan fingerprint density at radius 3 is 2.53 bits per heavy atom. The zero-order chi connectivity index (χ0) is 11.0. The minimum atomic E-state index is -0.596. The van der Waals surface area contributed by atoms with Crippen molar-refractivity contribution in [2.75, 3.05) is 0 Å². The molecular weight excluding hydrogens is 192 g/mol. The molecule has 1 aromatic heterocycles. The molecule has 0 bridgehead atoms. The predicted molar refractivity (Wildman–Crippen MR) is 56.8 cm³/mol. The summed E-state index contributed by atoms with van der Waals surface area (Å²) >= 11 is 0. The summed E-state index contributed by atoms with van der Waals surface area (Å²) < 4.78 is 1.33. The van der Waals surface area contributed by atoms with E-state index in [1.807, 2.05) is 18.2 Å². The molecule has 4 nitrogen and oxygen atoms in total. The number of carbonyl (C=O) groups is 2. The largest absolute Gasteiger partial charge is 0.364 e. The first-order valence-electron chi connectivity index (χ1n) is 4.52. The van der Waals surface area contributed by atoms with Gasteiger partial charge in [-0.05, 0) is 12.1 Å². The molecule has 2 N–H and O–H groups in total. The van der Waals surface area contributed by atoms with Gasteiger partial charge >= 0.3 is 0 Å². The number of benzene rings is 1. The number of nitrogens with two attached hydrogens (primary N) is 1. The third kappa shape index (κ3) is 1.40. The van der Waals surface area contributed by atoms with Crippen LogP contribution in [0.2, 0.25) is 0 Å². The van der Waals surface area contributed by atoms with Crippen LogP contribution in [0.1, 0.15) is 22.2 Å². The van der Waals surface area contributed by atoms with Crippen LogP contribution in [0.5, 0.6) is 0 Å². The van der Waals surface area contributed by atoms with Crippen LogP contribution in [0.15, 0.2) is 30.3 Å². The van der Waals surface area contributed by atoms with Crippen LogP contribution in [0.3, 0.4) is 0 Å². The molecule has 1 heterocycles. The minimum absolute atomic E-state index is 0.218. The third-order valence-electron chi connectivity index (χ3n) is 2.28. The van der Waals surface area contributed by atoms with E-state index in [1.165, 1.54) is 11.5 Å². The molecule has 2 aromatic rings. The number of hydrogen-bond acceptors (Lipinski definition) is 2. The van der Waals surface area contributed by atoms with Crippen LogP contribution in [-0.4, -0.2) is 16.4 Å². The number of fused-ring (bicyclic) bond motifs is 1. The number of aromatic nitrogens is 1. The quantitative estimate of drug-likeness (QED) is 0.759. The van der Waals surface area contributed by atoms with Gasteiger partial charge in [0.1, 0.15) is 5.69 Å². The van der Waals surface area contributed by atoms with Gasteiger partial charge in [-0.25, -0.2) is 0 Å². The molecule has 0 radical (unpaired) electrons. The van der Waals surface area contributed by atoms with E-state index in [-0.39, 0.29) is 11.6 Å². The van der Waals surface area contributed by atoms with E-state index in [0.717, 1.165) is 5.39 Å². The lowest BCUT2D eigenvalue weighted by molar-refractivity contribution is 0.0910. The van der Waals surface area contributed by atoms with Crippen molar-refractivity contribution in [2.45, 2.75) is 6.92 Å². The molecule has 0 aliphatic heterocycles. The molecule has 0 atom stereocenters. The molecule has 76 valence electrons. The Morgan fingerprint density at radius 2 is 1.93 bits per heavy atom. The molecule has 0 aliphatic carbocycles. The van der Waals surface area contributed by atoms with Gasteiger partial charge in [0.2, 0.25) is 5.91 Å². The van der Waals surface area contributed by atoms with E-state index in [4.69, 9.17) is 5.73 Å². The Labute approximate surface area is 86.3 Å². The molecule has 0 fully saturated rings. The molecule has 1 aromatic carbocycles. The number of hydrogen-bond donors (Lipinski definition) is 1. The van der Waals surface area contributed by atoms with Crippen molar-refractivity contribution < 1.29 is 9.59 Å². The fraction of sp³-hybridized carbons (Fsp3) is 0.0909. The van der Waals surface area contributed by atoms with Crippen LogP contribution in [0.25, 0.3) is 10.9 Å². The van der Waals surface area contributed by atoms with Crippen LogP contribution in [0.4, 0.5) is 0 Å². The summed E-state index contributed by atoms with van der Waals surface area (Å²) in [6.45, 7) is 1.40. The van der Waals surface area contributed by atoms with Crippen LogP contribution in [-0.2, 0) is 0 Å². The standard InChI is InChI=1S/C11H10N2O2/c1-7(14)13-9-5-3-2-4-8(9)6-10(13)11(12)15/h2-6H,1H3,(H2,12,15). The average Bonchev–Trinajstić information content (AvgIpc) is 2.56. The van der Waals surface area contributed by atoms with E-state index in [0.29, 0.717) is 5.52 Å². The summed E-state index contributed by atoms with van der Waals surface area (Å²) in [5.74, 6) is -0.814. The fourth-order valence-electron chi connectivity index (χ4n) is 1.68. The van der Waals surface area contributed by atoms with Gasteiger partial charge in [-0.2, -0.15) is 0 Å². The number of nitrogens with zero attached hydrogens (tertiary/aromatic N) is 1. The van der Waals surface area contributed by atoms with Crippen molar-refractivity contribution in [2.24, 2.45) is 5.73 Å². The zero-order valence-electron chi connectivity index (χ0n) is 8.23. The lowest BCUT2D eigenvalue weighted by Crippen LogP contribution is -2.19. The maximum absolute atomic E-state index is 11.4. The second-order valence-corrected chi connectivity index (χ2v) is 3.31. The van der Waals surface area contributed by atoms with Gasteiger partial charge in [-0.1, -0.05) is 18.2 Å². The summed E-state index contributed by atoms with van der Waals surface area (Å²) in [6.07, 6.45) is 0. The molecule has 0 saturated carbocycles. The zero-order valence-corrected chi connectivity index (χ0v) is 8.23. The molecule has 0 saturated heterocycles. The first-order chi connectivity index (χ1) is 7.11. The van der Waals surface area contributed by atoms with Crippen LogP contribution >= 0.6 is 0 Å². The second-order valence-electron chi connectivity index (χ2n) is 3.31. The lowest BCUT2D eigenvalue weighted by Gasteiger charge is -2.02. The monoisotopic (exact) mass is 202 g/mol.